The molecular weight excluding hydrogens is 242 g/mol. The molecule has 0 aliphatic heterocycles. The van der Waals surface area contributed by atoms with Crippen molar-refractivity contribution in [3.63, 3.8) is 0 Å². The minimum Gasteiger partial charge on any atom is -0.504 e. The van der Waals surface area contributed by atoms with E-state index in [4.69, 9.17) is 27.4 Å². The van der Waals surface area contributed by atoms with Gasteiger partial charge in [0.2, 0.25) is 0 Å². The van der Waals surface area contributed by atoms with Crippen molar-refractivity contribution in [1.29, 1.82) is 0 Å². The highest BCUT2D eigenvalue weighted by atomic mass is 16.3. The summed E-state index contributed by atoms with van der Waals surface area (Å²) in [7, 11) is 0. The Hall–Kier alpha value is -2.40. The van der Waals surface area contributed by atoms with Gasteiger partial charge in [-0.2, -0.15) is 0 Å². The van der Waals surface area contributed by atoms with Crippen LogP contribution in [0.15, 0.2) is 42.5 Å². The number of aromatic hydroxyl groups is 2. The molecule has 0 heterocycles. The van der Waals surface area contributed by atoms with Crippen molar-refractivity contribution < 1.29 is 10.2 Å². The van der Waals surface area contributed by atoms with Crippen LogP contribution in [0.5, 0.6) is 11.5 Å². The van der Waals surface area contributed by atoms with Gasteiger partial charge in [-0.3, -0.25) is 0 Å². The van der Waals surface area contributed by atoms with Crippen molar-refractivity contribution in [1.82, 2.24) is 0 Å². The number of nitrogens with two attached hydrogens (primary N) is 3. The number of hydrogen-bond acceptors (Lipinski definition) is 5. The highest BCUT2D eigenvalue weighted by Gasteiger charge is 1.98. The maximum absolute atomic E-state index is 9.04. The van der Waals surface area contributed by atoms with Crippen LogP contribution in [-0.4, -0.2) is 16.8 Å². The zero-order valence-electron chi connectivity index (χ0n) is 10.6. The largest absolute Gasteiger partial charge is 0.504 e. The fourth-order valence-corrected chi connectivity index (χ4v) is 1.40. The van der Waals surface area contributed by atoms with Crippen LogP contribution in [0.1, 0.15) is 5.56 Å². The van der Waals surface area contributed by atoms with Crippen LogP contribution in [0.2, 0.25) is 0 Å². The lowest BCUT2D eigenvalue weighted by Crippen LogP contribution is -2.02. The Kier molecular flexibility index (Phi) is 5.50. The van der Waals surface area contributed by atoms with E-state index >= 15 is 0 Å². The minimum absolute atomic E-state index is 0.0871. The standard InChI is InChI=1S/C8H11NO2.C6H8N2/c9-4-3-6-1-2-7(10)8(11)5-6;7-5-3-1-2-4-6(5)8/h1-2,5,10-11H,3-4,9H2;1-4H,7-8H2. The number of phenolic OH excluding ortho intramolecular Hbond substituents is 2. The maximum Gasteiger partial charge on any atom is 0.157 e. The Balaban J connectivity index is 0.000000200. The van der Waals surface area contributed by atoms with Crippen LogP contribution in [0.25, 0.3) is 0 Å². The number of para-hydroxylation sites is 2. The van der Waals surface area contributed by atoms with Gasteiger partial charge in [-0.1, -0.05) is 18.2 Å². The van der Waals surface area contributed by atoms with Crippen LogP contribution in [-0.2, 0) is 6.42 Å². The Bertz CT molecular complexity index is 509. The Morgan fingerprint density at radius 1 is 0.842 bits per heavy atom. The van der Waals surface area contributed by atoms with Gasteiger partial charge < -0.3 is 27.4 Å². The van der Waals surface area contributed by atoms with Crippen LogP contribution in [0.4, 0.5) is 11.4 Å². The smallest absolute Gasteiger partial charge is 0.157 e. The zero-order valence-corrected chi connectivity index (χ0v) is 10.6. The highest BCUT2D eigenvalue weighted by Crippen LogP contribution is 2.24. The Morgan fingerprint density at radius 3 is 1.84 bits per heavy atom. The Morgan fingerprint density at radius 2 is 1.42 bits per heavy atom. The van der Waals surface area contributed by atoms with E-state index in [0.717, 1.165) is 5.56 Å². The van der Waals surface area contributed by atoms with Gasteiger partial charge >= 0.3 is 0 Å². The molecule has 2 rings (SSSR count). The lowest BCUT2D eigenvalue weighted by atomic mass is 10.1. The van der Waals surface area contributed by atoms with Gasteiger partial charge in [0, 0.05) is 0 Å². The number of anilines is 2. The van der Waals surface area contributed by atoms with Gasteiger partial charge in [0.25, 0.3) is 0 Å². The van der Waals surface area contributed by atoms with E-state index in [1.807, 2.05) is 12.1 Å². The summed E-state index contributed by atoms with van der Waals surface area (Å²) in [6.07, 6.45) is 0.716. The molecule has 0 aliphatic carbocycles. The van der Waals surface area contributed by atoms with E-state index in [-0.39, 0.29) is 11.5 Å². The van der Waals surface area contributed by atoms with Crippen LogP contribution in [0.3, 0.4) is 0 Å². The molecule has 0 atom stereocenters. The number of rotatable bonds is 2. The molecule has 0 unspecified atom stereocenters. The van der Waals surface area contributed by atoms with E-state index in [0.29, 0.717) is 24.3 Å². The first-order chi connectivity index (χ1) is 9.04. The molecule has 0 fully saturated rings. The first kappa shape index (κ1) is 14.7. The molecule has 8 N–H and O–H groups in total. The molecule has 0 spiro atoms. The van der Waals surface area contributed by atoms with Gasteiger partial charge in [0.1, 0.15) is 0 Å². The van der Waals surface area contributed by atoms with Crippen LogP contribution >= 0.6 is 0 Å². The van der Waals surface area contributed by atoms with Gasteiger partial charge in [0.05, 0.1) is 11.4 Å². The van der Waals surface area contributed by atoms with Crippen LogP contribution < -0.4 is 17.2 Å². The lowest BCUT2D eigenvalue weighted by molar-refractivity contribution is 0.403. The summed E-state index contributed by atoms with van der Waals surface area (Å²) in [4.78, 5) is 0. The molecule has 19 heavy (non-hydrogen) atoms. The number of nitrogen functional groups attached to an aromatic ring is 2. The highest BCUT2D eigenvalue weighted by molar-refractivity contribution is 5.62. The molecule has 2 aromatic carbocycles. The van der Waals surface area contributed by atoms with E-state index in [1.54, 1.807) is 18.2 Å². The molecule has 0 saturated carbocycles. The van der Waals surface area contributed by atoms with Crippen molar-refractivity contribution in [3.05, 3.63) is 48.0 Å². The lowest BCUT2D eigenvalue weighted by Gasteiger charge is -2.00. The maximum atomic E-state index is 9.04. The van der Waals surface area contributed by atoms with E-state index < -0.39 is 0 Å². The second kappa shape index (κ2) is 7.13. The SMILES string of the molecule is NCCc1ccc(O)c(O)c1.Nc1ccccc1N. The van der Waals surface area contributed by atoms with E-state index in [1.165, 1.54) is 12.1 Å². The third-order valence-electron chi connectivity index (χ3n) is 2.47. The number of phenols is 2. The second-order valence-corrected chi connectivity index (χ2v) is 3.99. The molecular formula is C14H19N3O2. The molecule has 5 heteroatoms. The molecule has 0 bridgehead atoms. The van der Waals surface area contributed by atoms with Gasteiger partial charge in [-0.25, -0.2) is 0 Å². The average molecular weight is 261 g/mol. The summed E-state index contributed by atoms with van der Waals surface area (Å²) in [6, 6.07) is 12.0. The molecule has 0 amide bonds. The zero-order chi connectivity index (χ0) is 14.3. The Labute approximate surface area is 112 Å². The van der Waals surface area contributed by atoms with Crippen LogP contribution in [0, 0.1) is 0 Å². The predicted molar refractivity (Wildman–Crippen MR) is 77.8 cm³/mol. The predicted octanol–water partition coefficient (Wildman–Crippen LogP) is 1.45. The first-order valence-electron chi connectivity index (χ1n) is 5.85. The van der Waals surface area contributed by atoms with Gasteiger partial charge in [-0.15, -0.1) is 0 Å². The fourth-order valence-electron chi connectivity index (χ4n) is 1.40. The first-order valence-corrected chi connectivity index (χ1v) is 5.85. The monoisotopic (exact) mass is 261 g/mol. The van der Waals surface area contributed by atoms with Crippen molar-refractivity contribution in [2.45, 2.75) is 6.42 Å². The van der Waals surface area contributed by atoms with Gasteiger partial charge in [-0.05, 0) is 42.8 Å². The molecule has 0 aliphatic rings. The molecule has 5 nitrogen and oxygen atoms in total. The average Bonchev–Trinajstić information content (AvgIpc) is 2.39. The van der Waals surface area contributed by atoms with Crippen molar-refractivity contribution >= 4 is 11.4 Å². The molecule has 2 aromatic rings. The summed E-state index contributed by atoms with van der Waals surface area (Å²) in [5, 5.41) is 18.0. The fraction of sp³-hybridized carbons (Fsp3) is 0.143. The quantitative estimate of drug-likeness (QED) is 0.414. The molecule has 0 radical (unpaired) electrons. The number of benzene rings is 2. The van der Waals surface area contributed by atoms with Crippen molar-refractivity contribution in [2.75, 3.05) is 18.0 Å². The third kappa shape index (κ3) is 4.77. The third-order valence-corrected chi connectivity index (χ3v) is 2.47. The van der Waals surface area contributed by atoms with E-state index in [2.05, 4.69) is 0 Å². The summed E-state index contributed by atoms with van der Waals surface area (Å²) in [5.74, 6) is -0.179. The summed E-state index contributed by atoms with van der Waals surface area (Å²) in [5.41, 5.74) is 18.3. The normalized spacial score (nSPS) is 9.53. The molecule has 102 valence electrons. The van der Waals surface area contributed by atoms with Crippen molar-refractivity contribution in [3.8, 4) is 11.5 Å². The minimum atomic E-state index is -0.0919. The molecule has 0 aromatic heterocycles. The molecule has 0 saturated heterocycles. The van der Waals surface area contributed by atoms with E-state index in [9.17, 15) is 0 Å². The number of hydrogen-bond donors (Lipinski definition) is 5. The topological polar surface area (TPSA) is 119 Å². The summed E-state index contributed by atoms with van der Waals surface area (Å²) >= 11 is 0. The summed E-state index contributed by atoms with van der Waals surface area (Å²) in [6.45, 7) is 0.546. The van der Waals surface area contributed by atoms with Crippen molar-refractivity contribution in [2.24, 2.45) is 5.73 Å². The summed E-state index contributed by atoms with van der Waals surface area (Å²) < 4.78 is 0. The van der Waals surface area contributed by atoms with Gasteiger partial charge in [0.15, 0.2) is 11.5 Å². The second-order valence-electron chi connectivity index (χ2n) is 3.99.